The summed E-state index contributed by atoms with van der Waals surface area (Å²) in [5.74, 6) is 2.45. The van der Waals surface area contributed by atoms with E-state index in [-0.39, 0.29) is 6.10 Å². The zero-order valence-corrected chi connectivity index (χ0v) is 18.6. The minimum atomic E-state index is 0.259. The lowest BCUT2D eigenvalue weighted by Crippen LogP contribution is -2.42. The van der Waals surface area contributed by atoms with Crippen molar-refractivity contribution in [2.75, 3.05) is 0 Å². The smallest absolute Gasteiger partial charge is 0.102 e. The van der Waals surface area contributed by atoms with Gasteiger partial charge in [0.2, 0.25) is 0 Å². The molecule has 0 saturated carbocycles. The minimum Gasteiger partial charge on any atom is -0.495 e. The molecule has 3 atom stereocenters. The van der Waals surface area contributed by atoms with Gasteiger partial charge in [0.25, 0.3) is 0 Å². The van der Waals surface area contributed by atoms with Crippen molar-refractivity contribution in [3.05, 3.63) is 22.5 Å². The molecule has 1 heterocycles. The first-order valence-electron chi connectivity index (χ1n) is 10.7. The second kappa shape index (κ2) is 9.83. The zero-order chi connectivity index (χ0) is 19.2. The van der Waals surface area contributed by atoms with Gasteiger partial charge in [-0.15, -0.1) is 0 Å². The fourth-order valence-corrected chi connectivity index (χ4v) is 5.33. The van der Waals surface area contributed by atoms with Gasteiger partial charge < -0.3 is 4.74 Å². The summed E-state index contributed by atoms with van der Waals surface area (Å²) in [7, 11) is 0. The van der Waals surface area contributed by atoms with Crippen LogP contribution in [0.4, 0.5) is 0 Å². The normalized spacial score (nSPS) is 24.2. The van der Waals surface area contributed by atoms with E-state index in [0.717, 1.165) is 18.1 Å². The second-order valence-corrected chi connectivity index (χ2v) is 8.87. The standard InChI is InChI=1S/C24H44O/c1-10-13-21(14-11-2)24(9,15-12-3)23-20(8)25-19(7)18(6)16-22(23)17(4)5/h20-21,23H,10-16H2,1-9H3. The van der Waals surface area contributed by atoms with Gasteiger partial charge in [0.05, 0.1) is 5.76 Å². The monoisotopic (exact) mass is 348 g/mol. The molecule has 1 heteroatoms. The average Bonchev–Trinajstić information content (AvgIpc) is 2.64. The third kappa shape index (κ3) is 5.14. The number of allylic oxidation sites excluding steroid dienone is 3. The molecule has 146 valence electrons. The topological polar surface area (TPSA) is 9.23 Å². The van der Waals surface area contributed by atoms with Crippen LogP contribution >= 0.6 is 0 Å². The lowest BCUT2D eigenvalue weighted by molar-refractivity contribution is -0.00901. The Morgan fingerprint density at radius 1 is 1.08 bits per heavy atom. The fourth-order valence-electron chi connectivity index (χ4n) is 5.33. The summed E-state index contributed by atoms with van der Waals surface area (Å²) < 4.78 is 6.46. The predicted octanol–water partition coefficient (Wildman–Crippen LogP) is 8.06. The van der Waals surface area contributed by atoms with Crippen molar-refractivity contribution in [2.45, 2.75) is 113 Å². The highest BCUT2D eigenvalue weighted by Crippen LogP contribution is 2.52. The number of rotatable bonds is 8. The van der Waals surface area contributed by atoms with Crippen molar-refractivity contribution in [1.82, 2.24) is 0 Å². The lowest BCUT2D eigenvalue weighted by atomic mass is 9.58. The van der Waals surface area contributed by atoms with Crippen LogP contribution in [-0.2, 0) is 4.74 Å². The molecular weight excluding hydrogens is 304 g/mol. The largest absolute Gasteiger partial charge is 0.495 e. The Balaban J connectivity index is 3.45. The van der Waals surface area contributed by atoms with Crippen LogP contribution < -0.4 is 0 Å². The van der Waals surface area contributed by atoms with Gasteiger partial charge in [-0.1, -0.05) is 70.9 Å². The van der Waals surface area contributed by atoms with Crippen molar-refractivity contribution >= 4 is 0 Å². The van der Waals surface area contributed by atoms with E-state index in [1.54, 1.807) is 5.57 Å². The molecule has 0 bridgehead atoms. The molecule has 0 fully saturated rings. The molecule has 0 spiro atoms. The molecule has 0 aromatic rings. The van der Waals surface area contributed by atoms with Crippen molar-refractivity contribution < 1.29 is 4.74 Å². The van der Waals surface area contributed by atoms with Crippen molar-refractivity contribution in [2.24, 2.45) is 17.3 Å². The summed E-state index contributed by atoms with van der Waals surface area (Å²) in [5.41, 5.74) is 4.88. The van der Waals surface area contributed by atoms with Crippen LogP contribution in [0, 0.1) is 17.3 Å². The zero-order valence-electron chi connectivity index (χ0n) is 18.6. The summed E-state index contributed by atoms with van der Waals surface area (Å²) in [4.78, 5) is 0. The van der Waals surface area contributed by atoms with Gasteiger partial charge in [-0.05, 0) is 64.4 Å². The Kier molecular flexibility index (Phi) is 8.78. The Hall–Kier alpha value is -0.720. The molecule has 3 unspecified atom stereocenters. The van der Waals surface area contributed by atoms with E-state index >= 15 is 0 Å². The molecule has 1 aliphatic heterocycles. The molecule has 0 radical (unpaired) electrons. The summed E-state index contributed by atoms with van der Waals surface area (Å²) in [6.45, 7) is 21.0. The number of hydrogen-bond donors (Lipinski definition) is 0. The Bertz CT molecular complexity index is 474. The summed E-state index contributed by atoms with van der Waals surface area (Å²) in [5, 5.41) is 0. The van der Waals surface area contributed by atoms with Crippen LogP contribution in [0.5, 0.6) is 0 Å². The van der Waals surface area contributed by atoms with Crippen LogP contribution in [0.3, 0.4) is 0 Å². The van der Waals surface area contributed by atoms with E-state index in [2.05, 4.69) is 62.3 Å². The van der Waals surface area contributed by atoms with Gasteiger partial charge in [0.1, 0.15) is 6.10 Å². The molecule has 0 amide bonds. The van der Waals surface area contributed by atoms with Crippen LogP contribution in [0.2, 0.25) is 0 Å². The second-order valence-electron chi connectivity index (χ2n) is 8.87. The lowest BCUT2D eigenvalue weighted by Gasteiger charge is -2.47. The maximum atomic E-state index is 6.46. The first-order valence-corrected chi connectivity index (χ1v) is 10.7. The van der Waals surface area contributed by atoms with Gasteiger partial charge in [-0.25, -0.2) is 0 Å². The molecular formula is C24H44O. The molecule has 0 saturated heterocycles. The number of hydrogen-bond acceptors (Lipinski definition) is 1. The molecule has 0 aromatic carbocycles. The maximum absolute atomic E-state index is 6.46. The molecule has 0 N–H and O–H groups in total. The van der Waals surface area contributed by atoms with Gasteiger partial charge >= 0.3 is 0 Å². The van der Waals surface area contributed by atoms with E-state index in [1.165, 1.54) is 49.7 Å². The third-order valence-corrected chi connectivity index (χ3v) is 6.61. The highest BCUT2D eigenvalue weighted by molar-refractivity contribution is 5.27. The van der Waals surface area contributed by atoms with E-state index < -0.39 is 0 Å². The van der Waals surface area contributed by atoms with Gasteiger partial charge in [0.15, 0.2) is 0 Å². The summed E-state index contributed by atoms with van der Waals surface area (Å²) in [6, 6.07) is 0. The van der Waals surface area contributed by atoms with Gasteiger partial charge in [-0.3, -0.25) is 0 Å². The summed E-state index contributed by atoms with van der Waals surface area (Å²) >= 11 is 0. The van der Waals surface area contributed by atoms with Crippen LogP contribution in [0.25, 0.3) is 0 Å². The van der Waals surface area contributed by atoms with Crippen molar-refractivity contribution in [1.29, 1.82) is 0 Å². The summed E-state index contributed by atoms with van der Waals surface area (Å²) in [6.07, 6.45) is 9.15. The Labute approximate surface area is 158 Å². The Morgan fingerprint density at radius 3 is 2.08 bits per heavy atom. The molecule has 0 aromatic heterocycles. The number of ether oxygens (including phenoxy) is 1. The minimum absolute atomic E-state index is 0.259. The maximum Gasteiger partial charge on any atom is 0.102 e. The van der Waals surface area contributed by atoms with E-state index in [9.17, 15) is 0 Å². The molecule has 25 heavy (non-hydrogen) atoms. The van der Waals surface area contributed by atoms with Gasteiger partial charge in [0, 0.05) is 5.92 Å². The van der Waals surface area contributed by atoms with E-state index in [1.807, 2.05) is 0 Å². The van der Waals surface area contributed by atoms with Gasteiger partial charge in [-0.2, -0.15) is 0 Å². The highest BCUT2D eigenvalue weighted by Gasteiger charge is 2.45. The fraction of sp³-hybridized carbons (Fsp3) is 0.833. The van der Waals surface area contributed by atoms with E-state index in [0.29, 0.717) is 11.3 Å². The SMILES string of the molecule is CCCC(CCC)C(C)(CCC)C1C(=C(C)C)CC(C)=C(C)OC1C. The molecule has 1 rings (SSSR count). The van der Waals surface area contributed by atoms with Crippen LogP contribution in [0.15, 0.2) is 22.5 Å². The first kappa shape index (κ1) is 22.3. The molecule has 1 nitrogen and oxygen atoms in total. The predicted molar refractivity (Wildman–Crippen MR) is 112 cm³/mol. The first-order chi connectivity index (χ1) is 11.7. The van der Waals surface area contributed by atoms with Crippen molar-refractivity contribution in [3.63, 3.8) is 0 Å². The van der Waals surface area contributed by atoms with Crippen LogP contribution in [-0.4, -0.2) is 6.10 Å². The van der Waals surface area contributed by atoms with Crippen LogP contribution in [0.1, 0.15) is 107 Å². The molecule has 1 aliphatic rings. The third-order valence-electron chi connectivity index (χ3n) is 6.61. The quantitative estimate of drug-likeness (QED) is 0.403. The molecule has 0 aliphatic carbocycles. The van der Waals surface area contributed by atoms with E-state index in [4.69, 9.17) is 4.74 Å². The van der Waals surface area contributed by atoms with Crippen molar-refractivity contribution in [3.8, 4) is 0 Å². The highest BCUT2D eigenvalue weighted by atomic mass is 16.5. The average molecular weight is 349 g/mol. The Morgan fingerprint density at radius 2 is 1.64 bits per heavy atom.